The second-order valence-corrected chi connectivity index (χ2v) is 5.74. The average molecular weight is 325 g/mol. The molecular formula is C16H18Cl2N2O. The van der Waals surface area contributed by atoms with Crippen LogP contribution in [0.1, 0.15) is 24.5 Å². The molecule has 2 rings (SSSR count). The maximum absolute atomic E-state index is 6.26. The molecule has 0 aliphatic heterocycles. The third-order valence-electron chi connectivity index (χ3n) is 3.22. The molecule has 1 unspecified atom stereocenters. The van der Waals surface area contributed by atoms with Gasteiger partial charge in [0.25, 0.3) is 0 Å². The van der Waals surface area contributed by atoms with Gasteiger partial charge in [0.05, 0.1) is 5.02 Å². The molecule has 1 aromatic carbocycles. The molecular weight excluding hydrogens is 307 g/mol. The van der Waals surface area contributed by atoms with Gasteiger partial charge >= 0.3 is 0 Å². The van der Waals surface area contributed by atoms with Crippen molar-refractivity contribution < 1.29 is 4.74 Å². The van der Waals surface area contributed by atoms with Gasteiger partial charge in [0.15, 0.2) is 0 Å². The van der Waals surface area contributed by atoms with Crippen molar-refractivity contribution in [2.24, 2.45) is 5.73 Å². The van der Waals surface area contributed by atoms with E-state index in [4.69, 9.17) is 33.7 Å². The van der Waals surface area contributed by atoms with E-state index in [1.54, 1.807) is 18.5 Å². The molecule has 0 spiro atoms. The number of nitrogens with two attached hydrogens (primary N) is 1. The fourth-order valence-corrected chi connectivity index (χ4v) is 2.58. The molecule has 21 heavy (non-hydrogen) atoms. The topological polar surface area (TPSA) is 48.1 Å². The van der Waals surface area contributed by atoms with E-state index >= 15 is 0 Å². The molecule has 0 saturated heterocycles. The Morgan fingerprint density at radius 1 is 1.24 bits per heavy atom. The molecule has 0 aliphatic rings. The van der Waals surface area contributed by atoms with Crippen molar-refractivity contribution in [2.75, 3.05) is 0 Å². The summed E-state index contributed by atoms with van der Waals surface area (Å²) in [4.78, 5) is 3.98. The van der Waals surface area contributed by atoms with Gasteiger partial charge in [-0.1, -0.05) is 30.1 Å². The van der Waals surface area contributed by atoms with Crippen LogP contribution in [-0.4, -0.2) is 11.0 Å². The molecule has 2 N–H and O–H groups in total. The molecule has 0 aliphatic carbocycles. The van der Waals surface area contributed by atoms with Gasteiger partial charge in [0, 0.05) is 23.5 Å². The van der Waals surface area contributed by atoms with E-state index in [0.717, 1.165) is 17.5 Å². The van der Waals surface area contributed by atoms with Gasteiger partial charge in [-0.3, -0.25) is 4.98 Å². The predicted octanol–water partition coefficient (Wildman–Crippen LogP) is 4.25. The number of aromatic nitrogens is 1. The summed E-state index contributed by atoms with van der Waals surface area (Å²) in [6.07, 6.45) is 5.03. The highest BCUT2D eigenvalue weighted by atomic mass is 35.5. The lowest BCUT2D eigenvalue weighted by molar-refractivity contribution is 0.302. The van der Waals surface area contributed by atoms with Crippen LogP contribution in [0.5, 0.6) is 5.75 Å². The Labute approximate surface area is 135 Å². The van der Waals surface area contributed by atoms with Crippen LogP contribution in [0.3, 0.4) is 0 Å². The van der Waals surface area contributed by atoms with Crippen LogP contribution in [0, 0.1) is 0 Å². The molecule has 3 nitrogen and oxygen atoms in total. The first-order chi connectivity index (χ1) is 10.1. The first kappa shape index (κ1) is 16.1. The second kappa shape index (κ2) is 7.64. The maximum atomic E-state index is 6.26. The summed E-state index contributed by atoms with van der Waals surface area (Å²) >= 11 is 12.3. The third-order valence-corrected chi connectivity index (χ3v) is 3.72. The summed E-state index contributed by atoms with van der Waals surface area (Å²) in [6, 6.07) is 7.42. The van der Waals surface area contributed by atoms with E-state index < -0.39 is 0 Å². The third kappa shape index (κ3) is 4.60. The number of hydrogen-bond acceptors (Lipinski definition) is 3. The number of nitrogens with zero attached hydrogens (tertiary/aromatic N) is 1. The van der Waals surface area contributed by atoms with Crippen molar-refractivity contribution in [3.63, 3.8) is 0 Å². The van der Waals surface area contributed by atoms with E-state index in [0.29, 0.717) is 28.8 Å². The van der Waals surface area contributed by atoms with Gasteiger partial charge < -0.3 is 10.5 Å². The lowest BCUT2D eigenvalue weighted by atomic mass is 10.0. The van der Waals surface area contributed by atoms with E-state index in [1.807, 2.05) is 25.1 Å². The minimum absolute atomic E-state index is 0.0582. The van der Waals surface area contributed by atoms with Crippen molar-refractivity contribution >= 4 is 23.2 Å². The largest absolute Gasteiger partial charge is 0.487 e. The van der Waals surface area contributed by atoms with Crippen LogP contribution in [0.15, 0.2) is 36.7 Å². The Morgan fingerprint density at radius 2 is 1.95 bits per heavy atom. The minimum atomic E-state index is 0.0582. The summed E-state index contributed by atoms with van der Waals surface area (Å²) in [7, 11) is 0. The zero-order chi connectivity index (χ0) is 15.2. The normalized spacial score (nSPS) is 12.2. The number of ether oxygens (including phenoxy) is 1. The van der Waals surface area contributed by atoms with Gasteiger partial charge in [-0.15, -0.1) is 0 Å². The Bertz CT molecular complexity index is 590. The van der Waals surface area contributed by atoms with Crippen LogP contribution >= 0.6 is 23.2 Å². The highest BCUT2D eigenvalue weighted by Crippen LogP contribution is 2.33. The number of benzene rings is 1. The monoisotopic (exact) mass is 324 g/mol. The average Bonchev–Trinajstić information content (AvgIpc) is 2.47. The smallest absolute Gasteiger partial charge is 0.141 e. The fraction of sp³-hybridized carbons (Fsp3) is 0.312. The molecule has 0 bridgehead atoms. The fourth-order valence-electron chi connectivity index (χ4n) is 1.99. The summed E-state index contributed by atoms with van der Waals surface area (Å²) in [5, 5.41) is 1.10. The second-order valence-electron chi connectivity index (χ2n) is 4.89. The molecule has 2 aromatic rings. The quantitative estimate of drug-likeness (QED) is 0.864. The van der Waals surface area contributed by atoms with Crippen LogP contribution in [0.2, 0.25) is 10.0 Å². The SMILES string of the molecule is CCC(N)Cc1cc(Cl)cc(Cl)c1OCc1ccncc1. The van der Waals surface area contributed by atoms with Gasteiger partial charge in [-0.05, 0) is 48.2 Å². The van der Waals surface area contributed by atoms with Gasteiger partial charge in [0.2, 0.25) is 0 Å². The predicted molar refractivity (Wildman–Crippen MR) is 87.0 cm³/mol. The summed E-state index contributed by atoms with van der Waals surface area (Å²) in [6.45, 7) is 2.48. The highest BCUT2D eigenvalue weighted by molar-refractivity contribution is 6.35. The van der Waals surface area contributed by atoms with Crippen molar-refractivity contribution in [3.05, 3.63) is 57.8 Å². The van der Waals surface area contributed by atoms with Gasteiger partial charge in [-0.25, -0.2) is 0 Å². The van der Waals surface area contributed by atoms with E-state index in [2.05, 4.69) is 4.98 Å². The van der Waals surface area contributed by atoms with Gasteiger partial charge in [-0.2, -0.15) is 0 Å². The van der Waals surface area contributed by atoms with Crippen LogP contribution in [-0.2, 0) is 13.0 Å². The zero-order valence-electron chi connectivity index (χ0n) is 11.9. The molecule has 0 saturated carbocycles. The molecule has 112 valence electrons. The number of rotatable bonds is 6. The Kier molecular flexibility index (Phi) is 5.85. The van der Waals surface area contributed by atoms with Crippen molar-refractivity contribution in [1.29, 1.82) is 0 Å². The van der Waals surface area contributed by atoms with Crippen molar-refractivity contribution in [2.45, 2.75) is 32.4 Å². The minimum Gasteiger partial charge on any atom is -0.487 e. The van der Waals surface area contributed by atoms with Gasteiger partial charge in [0.1, 0.15) is 12.4 Å². The molecule has 0 radical (unpaired) electrons. The first-order valence-electron chi connectivity index (χ1n) is 6.85. The van der Waals surface area contributed by atoms with E-state index in [9.17, 15) is 0 Å². The summed E-state index contributed by atoms with van der Waals surface area (Å²) < 4.78 is 5.88. The van der Waals surface area contributed by atoms with Crippen LogP contribution in [0.4, 0.5) is 0 Å². The lowest BCUT2D eigenvalue weighted by Gasteiger charge is -2.16. The number of hydrogen-bond donors (Lipinski definition) is 1. The van der Waals surface area contributed by atoms with Crippen LogP contribution < -0.4 is 10.5 Å². The zero-order valence-corrected chi connectivity index (χ0v) is 13.4. The summed E-state index contributed by atoms with van der Waals surface area (Å²) in [5.74, 6) is 0.654. The van der Waals surface area contributed by atoms with E-state index in [1.165, 1.54) is 0 Å². The summed E-state index contributed by atoms with van der Waals surface area (Å²) in [5.41, 5.74) is 8.00. The highest BCUT2D eigenvalue weighted by Gasteiger charge is 2.13. The van der Waals surface area contributed by atoms with E-state index in [-0.39, 0.29) is 6.04 Å². The van der Waals surface area contributed by atoms with Crippen LogP contribution in [0.25, 0.3) is 0 Å². The number of pyridine rings is 1. The molecule has 0 fully saturated rings. The molecule has 5 heteroatoms. The standard InChI is InChI=1S/C16H18Cl2N2O/c1-2-14(19)8-12-7-13(17)9-15(18)16(12)21-10-11-3-5-20-6-4-11/h3-7,9,14H,2,8,10,19H2,1H3. The lowest BCUT2D eigenvalue weighted by Crippen LogP contribution is -2.21. The van der Waals surface area contributed by atoms with Crippen molar-refractivity contribution in [3.8, 4) is 5.75 Å². The molecule has 1 aromatic heterocycles. The Balaban J connectivity index is 2.20. The Morgan fingerprint density at radius 3 is 2.62 bits per heavy atom. The number of halogens is 2. The van der Waals surface area contributed by atoms with Crippen molar-refractivity contribution in [1.82, 2.24) is 4.98 Å². The molecule has 1 heterocycles. The molecule has 0 amide bonds. The molecule has 1 atom stereocenters. The maximum Gasteiger partial charge on any atom is 0.141 e. The first-order valence-corrected chi connectivity index (χ1v) is 7.61. The Hall–Kier alpha value is -1.29.